The Kier molecular flexibility index (Phi) is 6.88. The normalized spacial score (nSPS) is 15.3. The van der Waals surface area contributed by atoms with Gasteiger partial charge in [0.1, 0.15) is 5.82 Å². The van der Waals surface area contributed by atoms with Gasteiger partial charge in [0.05, 0.1) is 10.6 Å². The van der Waals surface area contributed by atoms with Gasteiger partial charge >= 0.3 is 0 Å². The van der Waals surface area contributed by atoms with E-state index < -0.39 is 21.7 Å². The van der Waals surface area contributed by atoms with E-state index >= 15 is 0 Å². The van der Waals surface area contributed by atoms with Crippen LogP contribution in [0.5, 0.6) is 0 Å². The van der Waals surface area contributed by atoms with Crippen molar-refractivity contribution in [2.75, 3.05) is 31.5 Å². The zero-order valence-electron chi connectivity index (χ0n) is 18.4. The van der Waals surface area contributed by atoms with Crippen molar-refractivity contribution in [3.63, 3.8) is 0 Å². The molecule has 3 aromatic rings. The van der Waals surface area contributed by atoms with Gasteiger partial charge in [-0.15, -0.1) is 0 Å². The van der Waals surface area contributed by atoms with E-state index in [4.69, 9.17) is 0 Å². The largest absolute Gasteiger partial charge is 0.319 e. The number of nitrogens with one attached hydrogen (secondary N) is 1. The van der Waals surface area contributed by atoms with Gasteiger partial charge in [0.25, 0.3) is 5.91 Å². The lowest BCUT2D eigenvalue weighted by molar-refractivity contribution is 0.102. The summed E-state index contributed by atoms with van der Waals surface area (Å²) in [4.78, 5) is 14.9. The molecule has 0 atom stereocenters. The zero-order valence-corrected chi connectivity index (χ0v) is 19.2. The maximum Gasteiger partial charge on any atom is 0.255 e. The molecule has 0 unspecified atom stereocenters. The van der Waals surface area contributed by atoms with E-state index in [9.17, 15) is 17.6 Å². The van der Waals surface area contributed by atoms with Gasteiger partial charge in [-0.25, -0.2) is 12.8 Å². The fourth-order valence-electron chi connectivity index (χ4n) is 3.83. The number of halogens is 1. The SMILES string of the molecule is Cc1ccc(NC(=O)c2cccc(S(=O)(=O)N3CCN(Cc4ccccc4)CC3)c2)c(F)c1. The van der Waals surface area contributed by atoms with Crippen LogP contribution in [0.25, 0.3) is 0 Å². The van der Waals surface area contributed by atoms with Crippen LogP contribution in [0.4, 0.5) is 10.1 Å². The van der Waals surface area contributed by atoms with Crippen molar-refractivity contribution in [1.29, 1.82) is 0 Å². The number of carbonyl (C=O) groups excluding carboxylic acids is 1. The molecule has 1 saturated heterocycles. The summed E-state index contributed by atoms with van der Waals surface area (Å²) >= 11 is 0. The summed E-state index contributed by atoms with van der Waals surface area (Å²) < 4.78 is 41.9. The molecule has 1 fully saturated rings. The lowest BCUT2D eigenvalue weighted by atomic mass is 10.2. The summed E-state index contributed by atoms with van der Waals surface area (Å²) in [6.45, 7) is 4.53. The van der Waals surface area contributed by atoms with Crippen LogP contribution in [0.3, 0.4) is 0 Å². The quantitative estimate of drug-likeness (QED) is 0.597. The van der Waals surface area contributed by atoms with E-state index in [1.807, 2.05) is 18.2 Å². The van der Waals surface area contributed by atoms with Gasteiger partial charge in [-0.1, -0.05) is 42.5 Å². The van der Waals surface area contributed by atoms with Crippen molar-refractivity contribution < 1.29 is 17.6 Å². The minimum Gasteiger partial charge on any atom is -0.319 e. The monoisotopic (exact) mass is 467 g/mol. The second-order valence-electron chi connectivity index (χ2n) is 8.13. The molecular weight excluding hydrogens is 441 g/mol. The predicted molar refractivity (Wildman–Crippen MR) is 126 cm³/mol. The first-order chi connectivity index (χ1) is 15.8. The van der Waals surface area contributed by atoms with E-state index in [0.717, 1.165) is 12.1 Å². The molecular formula is C25H26FN3O3S. The Hall–Kier alpha value is -3.07. The van der Waals surface area contributed by atoms with Gasteiger partial charge < -0.3 is 5.32 Å². The fraction of sp³-hybridized carbons (Fsp3) is 0.240. The molecule has 0 aliphatic carbocycles. The zero-order chi connectivity index (χ0) is 23.4. The van der Waals surface area contributed by atoms with E-state index in [2.05, 4.69) is 22.3 Å². The lowest BCUT2D eigenvalue weighted by Gasteiger charge is -2.34. The molecule has 1 N–H and O–H groups in total. The molecule has 1 aliphatic rings. The molecule has 1 aliphatic heterocycles. The van der Waals surface area contributed by atoms with Crippen molar-refractivity contribution in [2.45, 2.75) is 18.4 Å². The Morgan fingerprint density at radius 2 is 1.67 bits per heavy atom. The Morgan fingerprint density at radius 1 is 0.939 bits per heavy atom. The first-order valence-corrected chi connectivity index (χ1v) is 12.2. The molecule has 0 aromatic heterocycles. The Bertz CT molecular complexity index is 1240. The average molecular weight is 468 g/mol. The Labute approximate surface area is 193 Å². The number of sulfonamides is 1. The average Bonchev–Trinajstić information content (AvgIpc) is 2.82. The molecule has 1 heterocycles. The van der Waals surface area contributed by atoms with Crippen LogP contribution >= 0.6 is 0 Å². The topological polar surface area (TPSA) is 69.7 Å². The van der Waals surface area contributed by atoms with Crippen LogP contribution in [0.2, 0.25) is 0 Å². The Morgan fingerprint density at radius 3 is 2.36 bits per heavy atom. The number of hydrogen-bond donors (Lipinski definition) is 1. The van der Waals surface area contributed by atoms with Crippen molar-refractivity contribution in [2.24, 2.45) is 0 Å². The number of rotatable bonds is 6. The minimum atomic E-state index is -3.75. The maximum atomic E-state index is 14.1. The van der Waals surface area contributed by atoms with Crippen LogP contribution in [-0.2, 0) is 16.6 Å². The molecule has 172 valence electrons. The number of hydrogen-bond acceptors (Lipinski definition) is 4. The third-order valence-corrected chi connectivity index (χ3v) is 7.58. The summed E-state index contributed by atoms with van der Waals surface area (Å²) in [6, 6.07) is 20.4. The van der Waals surface area contributed by atoms with Crippen LogP contribution < -0.4 is 5.32 Å². The van der Waals surface area contributed by atoms with Crippen molar-refractivity contribution in [1.82, 2.24) is 9.21 Å². The first kappa shape index (κ1) is 23.1. The molecule has 0 radical (unpaired) electrons. The first-order valence-electron chi connectivity index (χ1n) is 10.8. The highest BCUT2D eigenvalue weighted by Gasteiger charge is 2.29. The number of nitrogens with zero attached hydrogens (tertiary/aromatic N) is 2. The molecule has 3 aromatic carbocycles. The van der Waals surface area contributed by atoms with Crippen LogP contribution in [0.15, 0.2) is 77.7 Å². The van der Waals surface area contributed by atoms with Crippen LogP contribution in [0.1, 0.15) is 21.5 Å². The highest BCUT2D eigenvalue weighted by molar-refractivity contribution is 7.89. The highest BCUT2D eigenvalue weighted by Crippen LogP contribution is 2.21. The fourth-order valence-corrected chi connectivity index (χ4v) is 5.30. The van der Waals surface area contributed by atoms with Crippen molar-refractivity contribution in [3.05, 3.63) is 95.3 Å². The van der Waals surface area contributed by atoms with Crippen molar-refractivity contribution in [3.8, 4) is 0 Å². The highest BCUT2D eigenvalue weighted by atomic mass is 32.2. The number of benzene rings is 3. The van der Waals surface area contributed by atoms with Gasteiger partial charge in [0.2, 0.25) is 10.0 Å². The van der Waals surface area contributed by atoms with Gasteiger partial charge in [0.15, 0.2) is 0 Å². The number of carbonyl (C=O) groups is 1. The number of amides is 1. The number of piperazine rings is 1. The number of aryl methyl sites for hydroxylation is 1. The van der Waals surface area contributed by atoms with Crippen molar-refractivity contribution >= 4 is 21.6 Å². The van der Waals surface area contributed by atoms with Gasteiger partial charge in [-0.3, -0.25) is 9.69 Å². The molecule has 4 rings (SSSR count). The van der Waals surface area contributed by atoms with E-state index in [-0.39, 0.29) is 16.1 Å². The second-order valence-corrected chi connectivity index (χ2v) is 10.1. The minimum absolute atomic E-state index is 0.0494. The summed E-state index contributed by atoms with van der Waals surface area (Å²) in [5.74, 6) is -1.11. The molecule has 0 saturated carbocycles. The van der Waals surface area contributed by atoms with Gasteiger partial charge in [-0.2, -0.15) is 4.31 Å². The summed E-state index contributed by atoms with van der Waals surface area (Å²) in [5, 5.41) is 2.51. The molecule has 0 bridgehead atoms. The second kappa shape index (κ2) is 9.82. The van der Waals surface area contributed by atoms with E-state index in [0.29, 0.717) is 26.2 Å². The molecule has 1 amide bonds. The molecule has 33 heavy (non-hydrogen) atoms. The summed E-state index contributed by atoms with van der Waals surface area (Å²) in [6.07, 6.45) is 0. The van der Waals surface area contributed by atoms with Gasteiger partial charge in [0, 0.05) is 38.3 Å². The molecule has 8 heteroatoms. The van der Waals surface area contributed by atoms with Gasteiger partial charge in [-0.05, 0) is 48.4 Å². The van der Waals surface area contributed by atoms with E-state index in [1.54, 1.807) is 13.0 Å². The Balaban J connectivity index is 1.43. The summed E-state index contributed by atoms with van der Waals surface area (Å²) in [7, 11) is -3.75. The maximum absolute atomic E-state index is 14.1. The third-order valence-electron chi connectivity index (χ3n) is 5.69. The molecule has 6 nitrogen and oxygen atoms in total. The van der Waals surface area contributed by atoms with E-state index in [1.165, 1.54) is 46.3 Å². The molecule has 0 spiro atoms. The lowest BCUT2D eigenvalue weighted by Crippen LogP contribution is -2.48. The summed E-state index contributed by atoms with van der Waals surface area (Å²) in [5.41, 5.74) is 2.13. The smallest absolute Gasteiger partial charge is 0.255 e. The van der Waals surface area contributed by atoms with Crippen LogP contribution in [-0.4, -0.2) is 49.7 Å². The van der Waals surface area contributed by atoms with Crippen LogP contribution in [0, 0.1) is 12.7 Å². The predicted octanol–water partition coefficient (Wildman–Crippen LogP) is 3.89. The third kappa shape index (κ3) is 5.47. The number of anilines is 1. The standard InChI is InChI=1S/C25H26FN3O3S/c1-19-10-11-24(23(26)16-19)27-25(30)21-8-5-9-22(17-21)33(31,32)29-14-12-28(13-15-29)18-20-6-3-2-4-7-20/h2-11,16-17H,12-15,18H2,1H3,(H,27,30).